The molecule has 1 N–H and O–H groups in total. The average Bonchev–Trinajstić information content (AvgIpc) is 2.69. The van der Waals surface area contributed by atoms with Gasteiger partial charge < -0.3 is 14.8 Å². The Morgan fingerprint density at radius 2 is 1.54 bits per heavy atom. The van der Waals surface area contributed by atoms with Crippen LogP contribution < -0.4 is 14.8 Å². The zero-order valence-electron chi connectivity index (χ0n) is 14.3. The molecular formula is C21H19NO3S. The monoisotopic (exact) mass is 365 g/mol. The Bertz CT molecular complexity index is 868. The standard InChI is InChI=1S/C21H19NO3S/c1-24-19-13-7-8-14-20(19)26-15-21(23)22-17-11-5-6-12-18(17)25-16-9-3-2-4-10-16/h2-14H,15H2,1H3,(H,22,23). The molecule has 0 aromatic heterocycles. The molecule has 0 saturated heterocycles. The van der Waals surface area contributed by atoms with Gasteiger partial charge in [0.25, 0.3) is 0 Å². The number of thioether (sulfide) groups is 1. The van der Waals surface area contributed by atoms with E-state index in [9.17, 15) is 4.79 Å². The number of rotatable bonds is 7. The van der Waals surface area contributed by atoms with Gasteiger partial charge in [-0.2, -0.15) is 0 Å². The van der Waals surface area contributed by atoms with Crippen molar-refractivity contribution in [3.05, 3.63) is 78.9 Å². The summed E-state index contributed by atoms with van der Waals surface area (Å²) in [5, 5.41) is 2.91. The number of hydrogen-bond acceptors (Lipinski definition) is 4. The second-order valence-corrected chi connectivity index (χ2v) is 6.42. The van der Waals surface area contributed by atoms with E-state index in [1.807, 2.05) is 78.9 Å². The van der Waals surface area contributed by atoms with Crippen molar-refractivity contribution < 1.29 is 14.3 Å². The smallest absolute Gasteiger partial charge is 0.234 e. The molecule has 0 spiro atoms. The van der Waals surface area contributed by atoms with Crippen LogP contribution in [0.5, 0.6) is 17.2 Å². The Morgan fingerprint density at radius 1 is 0.885 bits per heavy atom. The number of hydrogen-bond donors (Lipinski definition) is 1. The Kier molecular flexibility index (Phi) is 6.17. The summed E-state index contributed by atoms with van der Waals surface area (Å²) in [4.78, 5) is 13.3. The molecule has 3 rings (SSSR count). The molecule has 0 aliphatic rings. The second-order valence-electron chi connectivity index (χ2n) is 5.40. The van der Waals surface area contributed by atoms with Crippen LogP contribution in [0.25, 0.3) is 0 Å². The largest absolute Gasteiger partial charge is 0.496 e. The van der Waals surface area contributed by atoms with Crippen LogP contribution in [0.1, 0.15) is 0 Å². The van der Waals surface area contributed by atoms with Crippen LogP contribution in [-0.2, 0) is 4.79 Å². The number of ether oxygens (including phenoxy) is 2. The number of nitrogens with one attached hydrogen (secondary N) is 1. The molecule has 5 heteroatoms. The molecule has 3 aromatic carbocycles. The summed E-state index contributed by atoms with van der Waals surface area (Å²) in [6, 6.07) is 24.5. The van der Waals surface area contributed by atoms with Gasteiger partial charge in [-0.1, -0.05) is 42.5 Å². The fraction of sp³-hybridized carbons (Fsp3) is 0.0952. The van der Waals surface area contributed by atoms with E-state index in [4.69, 9.17) is 9.47 Å². The first-order valence-corrected chi connectivity index (χ1v) is 9.12. The van der Waals surface area contributed by atoms with Crippen molar-refractivity contribution >= 4 is 23.4 Å². The summed E-state index contributed by atoms with van der Waals surface area (Å²) in [5.41, 5.74) is 0.641. The maximum atomic E-state index is 12.4. The minimum Gasteiger partial charge on any atom is -0.496 e. The van der Waals surface area contributed by atoms with Gasteiger partial charge in [-0.25, -0.2) is 0 Å². The molecule has 0 saturated carbocycles. The van der Waals surface area contributed by atoms with Crippen LogP contribution >= 0.6 is 11.8 Å². The molecule has 0 aliphatic heterocycles. The number of carbonyl (C=O) groups excluding carboxylic acids is 1. The van der Waals surface area contributed by atoms with Crippen molar-refractivity contribution in [2.45, 2.75) is 4.90 Å². The Labute approximate surface area is 157 Å². The molecule has 132 valence electrons. The van der Waals surface area contributed by atoms with Gasteiger partial charge in [-0.05, 0) is 36.4 Å². The van der Waals surface area contributed by atoms with Crippen molar-refractivity contribution in [1.29, 1.82) is 0 Å². The SMILES string of the molecule is COc1ccccc1SCC(=O)Nc1ccccc1Oc1ccccc1. The molecule has 0 fully saturated rings. The topological polar surface area (TPSA) is 47.6 Å². The highest BCUT2D eigenvalue weighted by Crippen LogP contribution is 2.31. The molecule has 0 aliphatic carbocycles. The van der Waals surface area contributed by atoms with E-state index in [2.05, 4.69) is 5.32 Å². The fourth-order valence-electron chi connectivity index (χ4n) is 2.34. The second kappa shape index (κ2) is 8.97. The minimum atomic E-state index is -0.106. The number of methoxy groups -OCH3 is 1. The number of amides is 1. The normalized spacial score (nSPS) is 10.2. The first kappa shape index (κ1) is 17.9. The third-order valence-corrected chi connectivity index (χ3v) is 4.61. The van der Waals surface area contributed by atoms with Crippen LogP contribution in [0.2, 0.25) is 0 Å². The van der Waals surface area contributed by atoms with E-state index in [1.165, 1.54) is 11.8 Å². The quantitative estimate of drug-likeness (QED) is 0.583. The molecule has 0 atom stereocenters. The average molecular weight is 365 g/mol. The summed E-state index contributed by atoms with van der Waals surface area (Å²) in [7, 11) is 1.62. The lowest BCUT2D eigenvalue weighted by atomic mass is 10.3. The highest BCUT2D eigenvalue weighted by atomic mass is 32.2. The fourth-order valence-corrected chi connectivity index (χ4v) is 3.17. The van der Waals surface area contributed by atoms with Gasteiger partial charge in [0.1, 0.15) is 11.5 Å². The molecule has 1 amide bonds. The summed E-state index contributed by atoms with van der Waals surface area (Å²) < 4.78 is 11.2. The number of carbonyl (C=O) groups is 1. The molecule has 0 heterocycles. The molecule has 0 unspecified atom stereocenters. The van der Waals surface area contributed by atoms with Crippen molar-refractivity contribution in [3.8, 4) is 17.2 Å². The summed E-state index contributed by atoms with van der Waals surface area (Å²) in [5.74, 6) is 2.26. The zero-order valence-corrected chi connectivity index (χ0v) is 15.2. The first-order valence-electron chi connectivity index (χ1n) is 8.14. The van der Waals surface area contributed by atoms with Crippen LogP contribution in [0.4, 0.5) is 5.69 Å². The maximum absolute atomic E-state index is 12.4. The Hall–Kier alpha value is -2.92. The summed E-state index contributed by atoms with van der Waals surface area (Å²) in [6.07, 6.45) is 0. The van der Waals surface area contributed by atoms with E-state index >= 15 is 0 Å². The number of anilines is 1. The predicted molar refractivity (Wildman–Crippen MR) is 105 cm³/mol. The highest BCUT2D eigenvalue weighted by Gasteiger charge is 2.10. The zero-order chi connectivity index (χ0) is 18.2. The summed E-state index contributed by atoms with van der Waals surface area (Å²) >= 11 is 1.43. The molecule has 0 radical (unpaired) electrons. The lowest BCUT2D eigenvalue weighted by Gasteiger charge is -2.12. The van der Waals surface area contributed by atoms with Crippen LogP contribution in [0.15, 0.2) is 83.8 Å². The number of benzene rings is 3. The van der Waals surface area contributed by atoms with Crippen molar-refractivity contribution in [3.63, 3.8) is 0 Å². The van der Waals surface area contributed by atoms with Gasteiger partial charge in [0.05, 0.1) is 18.6 Å². The van der Waals surface area contributed by atoms with Gasteiger partial charge in [0.15, 0.2) is 5.75 Å². The first-order chi connectivity index (χ1) is 12.8. The lowest BCUT2D eigenvalue weighted by Crippen LogP contribution is -2.14. The van der Waals surface area contributed by atoms with Crippen LogP contribution in [0.3, 0.4) is 0 Å². The molecule has 4 nitrogen and oxygen atoms in total. The number of para-hydroxylation sites is 4. The summed E-state index contributed by atoms with van der Waals surface area (Å²) in [6.45, 7) is 0. The predicted octanol–water partition coefficient (Wildman–Crippen LogP) is 5.22. The van der Waals surface area contributed by atoms with Gasteiger partial charge >= 0.3 is 0 Å². The van der Waals surface area contributed by atoms with E-state index in [1.54, 1.807) is 7.11 Å². The maximum Gasteiger partial charge on any atom is 0.234 e. The van der Waals surface area contributed by atoms with Crippen molar-refractivity contribution in [2.75, 3.05) is 18.2 Å². The van der Waals surface area contributed by atoms with Crippen LogP contribution in [0, 0.1) is 0 Å². The Morgan fingerprint density at radius 3 is 2.31 bits per heavy atom. The molecule has 3 aromatic rings. The molecular weight excluding hydrogens is 346 g/mol. The van der Waals surface area contributed by atoms with E-state index in [0.717, 1.165) is 16.4 Å². The van der Waals surface area contributed by atoms with E-state index in [-0.39, 0.29) is 11.7 Å². The molecule has 26 heavy (non-hydrogen) atoms. The van der Waals surface area contributed by atoms with Gasteiger partial charge in [-0.15, -0.1) is 11.8 Å². The Balaban J connectivity index is 1.64. The molecule has 0 bridgehead atoms. The van der Waals surface area contributed by atoms with Gasteiger partial charge in [-0.3, -0.25) is 4.79 Å². The van der Waals surface area contributed by atoms with Gasteiger partial charge in [0.2, 0.25) is 5.91 Å². The van der Waals surface area contributed by atoms with Crippen molar-refractivity contribution in [2.24, 2.45) is 0 Å². The van der Waals surface area contributed by atoms with Crippen molar-refractivity contribution in [1.82, 2.24) is 0 Å². The lowest BCUT2D eigenvalue weighted by molar-refractivity contribution is -0.113. The third kappa shape index (κ3) is 4.80. The third-order valence-electron chi connectivity index (χ3n) is 3.56. The van der Waals surface area contributed by atoms with E-state index in [0.29, 0.717) is 11.4 Å². The minimum absolute atomic E-state index is 0.106. The highest BCUT2D eigenvalue weighted by molar-refractivity contribution is 8.00. The van der Waals surface area contributed by atoms with Crippen LogP contribution in [-0.4, -0.2) is 18.8 Å². The van der Waals surface area contributed by atoms with Gasteiger partial charge in [0, 0.05) is 4.90 Å². The van der Waals surface area contributed by atoms with E-state index < -0.39 is 0 Å².